The fourth-order valence-corrected chi connectivity index (χ4v) is 2.96. The Morgan fingerprint density at radius 3 is 2.90 bits per heavy atom. The largest absolute Gasteiger partial charge is 0.478 e. The fourth-order valence-electron chi connectivity index (χ4n) is 2.76. The van der Waals surface area contributed by atoms with Crippen molar-refractivity contribution >= 4 is 29.1 Å². The summed E-state index contributed by atoms with van der Waals surface area (Å²) in [6.45, 7) is 2.97. The van der Waals surface area contributed by atoms with Crippen LogP contribution in [0.25, 0.3) is 0 Å². The van der Waals surface area contributed by atoms with E-state index in [0.29, 0.717) is 11.7 Å². The van der Waals surface area contributed by atoms with Crippen LogP contribution in [0.2, 0.25) is 5.15 Å². The number of carbonyl (C=O) groups is 1. The van der Waals surface area contributed by atoms with Crippen LogP contribution >= 0.6 is 11.6 Å². The van der Waals surface area contributed by atoms with E-state index in [4.69, 9.17) is 11.6 Å². The highest BCUT2D eigenvalue weighted by Crippen LogP contribution is 2.35. The molecule has 0 saturated heterocycles. The zero-order chi connectivity index (χ0) is 15.0. The lowest BCUT2D eigenvalue weighted by atomic mass is 9.94. The first-order valence-corrected chi connectivity index (χ1v) is 7.18. The topological polar surface area (TPSA) is 53.4 Å². The molecular weight excluding hydrogens is 288 g/mol. The Bertz CT molecular complexity index is 702. The van der Waals surface area contributed by atoms with E-state index in [9.17, 15) is 9.90 Å². The first-order chi connectivity index (χ1) is 10.0. The van der Waals surface area contributed by atoms with E-state index in [2.05, 4.69) is 18.0 Å². The maximum Gasteiger partial charge on any atom is 0.335 e. The van der Waals surface area contributed by atoms with Crippen molar-refractivity contribution in [3.05, 3.63) is 52.7 Å². The van der Waals surface area contributed by atoms with E-state index in [0.717, 1.165) is 18.7 Å². The van der Waals surface area contributed by atoms with Gasteiger partial charge in [-0.25, -0.2) is 9.78 Å². The zero-order valence-electron chi connectivity index (χ0n) is 11.6. The Morgan fingerprint density at radius 2 is 2.14 bits per heavy atom. The van der Waals surface area contributed by atoms with Gasteiger partial charge < -0.3 is 10.0 Å². The predicted molar refractivity (Wildman–Crippen MR) is 82.5 cm³/mol. The Kier molecular flexibility index (Phi) is 3.55. The van der Waals surface area contributed by atoms with Crippen LogP contribution in [0.5, 0.6) is 0 Å². The number of benzene rings is 1. The third-order valence-corrected chi connectivity index (χ3v) is 3.84. The molecule has 2 aromatic rings. The molecule has 0 aliphatic carbocycles. The lowest BCUT2D eigenvalue weighted by Crippen LogP contribution is -2.31. The molecule has 0 saturated carbocycles. The molecule has 0 spiro atoms. The maximum absolute atomic E-state index is 11.2. The van der Waals surface area contributed by atoms with Gasteiger partial charge in [0.15, 0.2) is 0 Å². The van der Waals surface area contributed by atoms with Gasteiger partial charge in [-0.3, -0.25) is 0 Å². The van der Waals surface area contributed by atoms with Gasteiger partial charge in [0.05, 0.1) is 5.56 Å². The first kappa shape index (κ1) is 13.9. The highest BCUT2D eigenvalue weighted by atomic mass is 35.5. The van der Waals surface area contributed by atoms with Gasteiger partial charge in [0.25, 0.3) is 0 Å². The van der Waals surface area contributed by atoms with Crippen molar-refractivity contribution < 1.29 is 9.90 Å². The predicted octanol–water partition coefficient (Wildman–Crippen LogP) is 3.76. The molecule has 1 atom stereocenters. The highest BCUT2D eigenvalue weighted by molar-refractivity contribution is 6.29. The van der Waals surface area contributed by atoms with Gasteiger partial charge in [0, 0.05) is 12.2 Å². The molecule has 0 fully saturated rings. The van der Waals surface area contributed by atoms with Crippen molar-refractivity contribution in [2.24, 2.45) is 5.92 Å². The van der Waals surface area contributed by atoms with E-state index in [1.165, 1.54) is 11.6 Å². The molecule has 0 amide bonds. The summed E-state index contributed by atoms with van der Waals surface area (Å²) in [5.41, 5.74) is 2.47. The maximum atomic E-state index is 11.2. The molecule has 1 aliphatic heterocycles. The summed E-state index contributed by atoms with van der Waals surface area (Å²) in [5, 5.41) is 9.37. The normalized spacial score (nSPS) is 17.4. The lowest BCUT2D eigenvalue weighted by molar-refractivity contribution is 0.0697. The molecular formula is C16H15ClN2O2. The van der Waals surface area contributed by atoms with Crippen LogP contribution in [0.3, 0.4) is 0 Å². The second-order valence-electron chi connectivity index (χ2n) is 5.39. The molecule has 1 aromatic heterocycles. The van der Waals surface area contributed by atoms with E-state index in [1.54, 1.807) is 6.07 Å². The summed E-state index contributed by atoms with van der Waals surface area (Å²) in [7, 11) is 0. The van der Waals surface area contributed by atoms with Gasteiger partial charge in [-0.15, -0.1) is 0 Å². The summed E-state index contributed by atoms with van der Waals surface area (Å²) in [4.78, 5) is 17.5. The molecule has 5 heteroatoms. The van der Waals surface area contributed by atoms with Gasteiger partial charge in [-0.2, -0.15) is 0 Å². The molecule has 1 aliphatic rings. The molecule has 21 heavy (non-hydrogen) atoms. The van der Waals surface area contributed by atoms with Crippen LogP contribution in [0, 0.1) is 5.92 Å². The van der Waals surface area contributed by atoms with Crippen molar-refractivity contribution in [1.82, 2.24) is 4.98 Å². The minimum absolute atomic E-state index is 0.153. The third-order valence-electron chi connectivity index (χ3n) is 3.65. The van der Waals surface area contributed by atoms with E-state index < -0.39 is 5.97 Å². The number of halogens is 1. The number of para-hydroxylation sites is 1. The number of pyridine rings is 1. The minimum Gasteiger partial charge on any atom is -0.478 e. The summed E-state index contributed by atoms with van der Waals surface area (Å²) in [6.07, 6.45) is 1.01. The number of hydrogen-bond donors (Lipinski definition) is 1. The van der Waals surface area contributed by atoms with Gasteiger partial charge in [0.2, 0.25) is 0 Å². The Balaban J connectivity index is 2.10. The molecule has 108 valence electrons. The quantitative estimate of drug-likeness (QED) is 0.858. The van der Waals surface area contributed by atoms with Crippen LogP contribution in [0.4, 0.5) is 11.5 Å². The Hall–Kier alpha value is -2.07. The summed E-state index contributed by atoms with van der Waals surface area (Å²) < 4.78 is 0. The van der Waals surface area contributed by atoms with Crippen molar-refractivity contribution in [2.75, 3.05) is 11.4 Å². The minimum atomic E-state index is -1.00. The zero-order valence-corrected chi connectivity index (χ0v) is 12.3. The average Bonchev–Trinajstić information content (AvgIpc) is 2.45. The van der Waals surface area contributed by atoms with Crippen LogP contribution < -0.4 is 4.90 Å². The Labute approximate surface area is 128 Å². The number of rotatable bonds is 2. The monoisotopic (exact) mass is 302 g/mol. The van der Waals surface area contributed by atoms with Crippen molar-refractivity contribution in [2.45, 2.75) is 13.3 Å². The SMILES string of the molecule is CC1Cc2ccccc2N(c2cc(C(=O)O)cc(Cl)n2)C1. The van der Waals surface area contributed by atoms with Crippen LogP contribution in [0.1, 0.15) is 22.8 Å². The van der Waals surface area contributed by atoms with Gasteiger partial charge in [-0.1, -0.05) is 36.7 Å². The van der Waals surface area contributed by atoms with Gasteiger partial charge in [0.1, 0.15) is 11.0 Å². The van der Waals surface area contributed by atoms with Gasteiger partial charge in [-0.05, 0) is 36.1 Å². The first-order valence-electron chi connectivity index (χ1n) is 6.81. The number of nitrogens with zero attached hydrogens (tertiary/aromatic N) is 2. The van der Waals surface area contributed by atoms with E-state index in [-0.39, 0.29) is 10.7 Å². The second kappa shape index (κ2) is 5.37. The average molecular weight is 303 g/mol. The van der Waals surface area contributed by atoms with Crippen LogP contribution in [-0.2, 0) is 6.42 Å². The van der Waals surface area contributed by atoms with Crippen LogP contribution in [-0.4, -0.2) is 22.6 Å². The van der Waals surface area contributed by atoms with Crippen molar-refractivity contribution in [1.29, 1.82) is 0 Å². The second-order valence-corrected chi connectivity index (χ2v) is 5.78. The van der Waals surface area contributed by atoms with E-state index in [1.807, 2.05) is 23.1 Å². The number of anilines is 2. The number of hydrogen-bond acceptors (Lipinski definition) is 3. The van der Waals surface area contributed by atoms with Gasteiger partial charge >= 0.3 is 5.97 Å². The third kappa shape index (κ3) is 2.72. The molecule has 0 radical (unpaired) electrons. The number of fused-ring (bicyclic) bond motifs is 1. The van der Waals surface area contributed by atoms with Crippen molar-refractivity contribution in [3.8, 4) is 0 Å². The summed E-state index contributed by atoms with van der Waals surface area (Å²) >= 11 is 5.98. The highest BCUT2D eigenvalue weighted by Gasteiger charge is 2.24. The summed E-state index contributed by atoms with van der Waals surface area (Å²) in [6, 6.07) is 11.1. The number of aromatic carboxylic acids is 1. The smallest absolute Gasteiger partial charge is 0.335 e. The van der Waals surface area contributed by atoms with E-state index >= 15 is 0 Å². The van der Waals surface area contributed by atoms with Crippen LogP contribution in [0.15, 0.2) is 36.4 Å². The molecule has 1 aromatic carbocycles. The number of carboxylic acid groups (broad SMARTS) is 1. The number of carboxylic acids is 1. The molecule has 2 heterocycles. The molecule has 1 unspecified atom stereocenters. The number of aromatic nitrogens is 1. The molecule has 0 bridgehead atoms. The standard InChI is InChI=1S/C16H15ClN2O2/c1-10-6-11-4-2-3-5-13(11)19(9-10)15-8-12(16(20)21)7-14(17)18-15/h2-5,7-8,10H,6,9H2,1H3,(H,20,21). The molecule has 4 nitrogen and oxygen atoms in total. The van der Waals surface area contributed by atoms with Crippen molar-refractivity contribution in [3.63, 3.8) is 0 Å². The molecule has 3 rings (SSSR count). The molecule has 1 N–H and O–H groups in total. The fraction of sp³-hybridized carbons (Fsp3) is 0.250. The Morgan fingerprint density at radius 1 is 1.38 bits per heavy atom. The lowest BCUT2D eigenvalue weighted by Gasteiger charge is -2.34. The summed E-state index contributed by atoms with van der Waals surface area (Å²) in [5.74, 6) is 0.0479.